The Morgan fingerprint density at radius 2 is 1.81 bits per heavy atom. The summed E-state index contributed by atoms with van der Waals surface area (Å²) in [6.45, 7) is 5.72. The minimum atomic E-state index is -0.177. The van der Waals surface area contributed by atoms with Crippen LogP contribution in [0.25, 0.3) is 22.8 Å². The summed E-state index contributed by atoms with van der Waals surface area (Å²) in [5.41, 5.74) is 2.62. The van der Waals surface area contributed by atoms with Crippen molar-refractivity contribution in [3.05, 3.63) is 54.1 Å². The molecule has 3 rings (SSSR count). The Balaban J connectivity index is 1.82. The highest BCUT2D eigenvalue weighted by atomic mass is 16.5. The molecule has 0 unspecified atom stereocenters. The van der Waals surface area contributed by atoms with Gasteiger partial charge in [0.1, 0.15) is 5.75 Å². The van der Waals surface area contributed by atoms with Gasteiger partial charge in [0.15, 0.2) is 6.61 Å². The molecule has 6 nitrogen and oxygen atoms in total. The molecule has 134 valence electrons. The van der Waals surface area contributed by atoms with Crippen LogP contribution in [0.2, 0.25) is 0 Å². The smallest absolute Gasteiger partial charge is 0.258 e. The van der Waals surface area contributed by atoms with E-state index in [1.54, 1.807) is 6.07 Å². The first-order valence-electron chi connectivity index (χ1n) is 8.46. The number of nitrogens with one attached hydrogen (secondary N) is 1. The van der Waals surface area contributed by atoms with E-state index in [9.17, 15) is 4.79 Å². The average molecular weight is 351 g/mol. The molecule has 0 saturated heterocycles. The second-order valence-corrected chi connectivity index (χ2v) is 6.25. The highest BCUT2D eigenvalue weighted by Crippen LogP contribution is 2.30. The molecule has 0 atom stereocenters. The predicted molar refractivity (Wildman–Crippen MR) is 98.7 cm³/mol. The monoisotopic (exact) mass is 351 g/mol. The molecule has 0 saturated carbocycles. The molecule has 1 heterocycles. The second kappa shape index (κ2) is 7.82. The average Bonchev–Trinajstić information content (AvgIpc) is 3.10. The third-order valence-corrected chi connectivity index (χ3v) is 3.74. The van der Waals surface area contributed by atoms with Crippen molar-refractivity contribution < 1.29 is 14.1 Å². The molecule has 2 aromatic carbocycles. The maximum absolute atomic E-state index is 11.8. The molecule has 0 spiro atoms. The van der Waals surface area contributed by atoms with E-state index in [2.05, 4.69) is 15.5 Å². The van der Waals surface area contributed by atoms with Crippen molar-refractivity contribution in [2.75, 3.05) is 6.61 Å². The highest BCUT2D eigenvalue weighted by molar-refractivity contribution is 5.78. The van der Waals surface area contributed by atoms with Crippen molar-refractivity contribution in [1.29, 1.82) is 0 Å². The Kier molecular flexibility index (Phi) is 5.31. The number of nitrogens with zero attached hydrogens (tertiary/aromatic N) is 2. The maximum Gasteiger partial charge on any atom is 0.258 e. The van der Waals surface area contributed by atoms with Crippen molar-refractivity contribution in [1.82, 2.24) is 15.5 Å². The van der Waals surface area contributed by atoms with Crippen molar-refractivity contribution >= 4 is 5.91 Å². The van der Waals surface area contributed by atoms with Crippen LogP contribution in [0.15, 0.2) is 53.1 Å². The summed E-state index contributed by atoms with van der Waals surface area (Å²) in [6.07, 6.45) is 0. The van der Waals surface area contributed by atoms with Crippen LogP contribution in [0.1, 0.15) is 19.4 Å². The molecule has 0 bridgehead atoms. The van der Waals surface area contributed by atoms with Crippen LogP contribution in [0, 0.1) is 6.92 Å². The zero-order valence-corrected chi connectivity index (χ0v) is 15.0. The summed E-state index contributed by atoms with van der Waals surface area (Å²) >= 11 is 0. The second-order valence-electron chi connectivity index (χ2n) is 6.25. The van der Waals surface area contributed by atoms with Gasteiger partial charge in [0.05, 0.1) is 5.56 Å². The summed E-state index contributed by atoms with van der Waals surface area (Å²) in [5, 5.41) is 6.86. The molecule has 0 aliphatic heterocycles. The number of rotatable bonds is 6. The zero-order valence-electron chi connectivity index (χ0n) is 15.0. The minimum Gasteiger partial charge on any atom is -0.483 e. The molecular formula is C20H21N3O3. The number of hydrogen-bond donors (Lipinski definition) is 1. The predicted octanol–water partition coefficient (Wildman–Crippen LogP) is 3.62. The maximum atomic E-state index is 11.8. The van der Waals surface area contributed by atoms with E-state index in [0.29, 0.717) is 23.0 Å². The van der Waals surface area contributed by atoms with Gasteiger partial charge < -0.3 is 14.6 Å². The molecule has 0 fully saturated rings. The Hall–Kier alpha value is -3.15. The quantitative estimate of drug-likeness (QED) is 0.734. The summed E-state index contributed by atoms with van der Waals surface area (Å²) in [5.74, 6) is 1.22. The number of hydrogen-bond acceptors (Lipinski definition) is 5. The Labute approximate surface area is 152 Å². The molecule has 3 aromatic rings. The van der Waals surface area contributed by atoms with Crippen LogP contribution in [0.3, 0.4) is 0 Å². The highest BCUT2D eigenvalue weighted by Gasteiger charge is 2.16. The van der Waals surface area contributed by atoms with Gasteiger partial charge in [0.2, 0.25) is 5.82 Å². The van der Waals surface area contributed by atoms with Gasteiger partial charge in [-0.05, 0) is 44.5 Å². The van der Waals surface area contributed by atoms with E-state index < -0.39 is 0 Å². The van der Waals surface area contributed by atoms with Gasteiger partial charge in [-0.1, -0.05) is 35.5 Å². The van der Waals surface area contributed by atoms with Gasteiger partial charge >= 0.3 is 0 Å². The van der Waals surface area contributed by atoms with Crippen LogP contribution < -0.4 is 10.1 Å². The van der Waals surface area contributed by atoms with Gasteiger partial charge in [-0.2, -0.15) is 4.98 Å². The molecule has 0 aliphatic carbocycles. The molecule has 0 radical (unpaired) electrons. The molecule has 1 amide bonds. The third-order valence-electron chi connectivity index (χ3n) is 3.74. The van der Waals surface area contributed by atoms with Crippen LogP contribution in [0.5, 0.6) is 5.75 Å². The van der Waals surface area contributed by atoms with Crippen molar-refractivity contribution in [2.24, 2.45) is 0 Å². The van der Waals surface area contributed by atoms with Crippen LogP contribution in [0.4, 0.5) is 0 Å². The van der Waals surface area contributed by atoms with Crippen LogP contribution in [-0.4, -0.2) is 28.7 Å². The van der Waals surface area contributed by atoms with Crippen LogP contribution >= 0.6 is 0 Å². The summed E-state index contributed by atoms with van der Waals surface area (Å²) in [6, 6.07) is 15.2. The van der Waals surface area contributed by atoms with E-state index in [1.807, 2.05) is 63.2 Å². The standard InChI is InChI=1S/C20H21N3O3/c1-13(2)21-18(24)12-25-17-11-7-6-10-16(17)19-22-20(26-23-19)15-9-5-4-8-14(15)3/h4-11,13H,12H2,1-3H3,(H,21,24). The van der Waals surface area contributed by atoms with E-state index in [0.717, 1.165) is 11.1 Å². The normalized spacial score (nSPS) is 10.8. The van der Waals surface area contributed by atoms with Crippen LogP contribution in [-0.2, 0) is 4.79 Å². The van der Waals surface area contributed by atoms with Gasteiger partial charge in [-0.25, -0.2) is 0 Å². The first-order chi connectivity index (χ1) is 12.5. The van der Waals surface area contributed by atoms with Gasteiger partial charge in [0, 0.05) is 11.6 Å². The number of benzene rings is 2. The number of aromatic nitrogens is 2. The lowest BCUT2D eigenvalue weighted by molar-refractivity contribution is -0.123. The molecule has 1 N–H and O–H groups in total. The zero-order chi connectivity index (χ0) is 18.5. The third kappa shape index (κ3) is 4.08. The van der Waals surface area contributed by atoms with E-state index in [4.69, 9.17) is 9.26 Å². The summed E-state index contributed by atoms with van der Waals surface area (Å²) < 4.78 is 11.1. The lowest BCUT2D eigenvalue weighted by Gasteiger charge is -2.11. The fourth-order valence-electron chi connectivity index (χ4n) is 2.54. The molecule has 0 aliphatic rings. The van der Waals surface area contributed by atoms with E-state index in [-0.39, 0.29) is 18.6 Å². The molecule has 6 heteroatoms. The first kappa shape index (κ1) is 17.7. The Bertz CT molecular complexity index is 903. The Morgan fingerprint density at radius 3 is 2.54 bits per heavy atom. The largest absolute Gasteiger partial charge is 0.483 e. The summed E-state index contributed by atoms with van der Waals surface area (Å²) in [4.78, 5) is 16.3. The molecule has 26 heavy (non-hydrogen) atoms. The Morgan fingerprint density at radius 1 is 1.12 bits per heavy atom. The number of aryl methyl sites for hydroxylation is 1. The van der Waals surface area contributed by atoms with E-state index >= 15 is 0 Å². The lowest BCUT2D eigenvalue weighted by atomic mass is 10.1. The molecule has 1 aromatic heterocycles. The number of para-hydroxylation sites is 1. The fourth-order valence-corrected chi connectivity index (χ4v) is 2.54. The van der Waals surface area contributed by atoms with Gasteiger partial charge in [0.25, 0.3) is 11.8 Å². The van der Waals surface area contributed by atoms with E-state index in [1.165, 1.54) is 0 Å². The van der Waals surface area contributed by atoms with Crippen molar-refractivity contribution in [3.63, 3.8) is 0 Å². The van der Waals surface area contributed by atoms with Crippen molar-refractivity contribution in [3.8, 4) is 28.6 Å². The number of amides is 1. The van der Waals surface area contributed by atoms with Gasteiger partial charge in [-0.3, -0.25) is 4.79 Å². The topological polar surface area (TPSA) is 77.2 Å². The van der Waals surface area contributed by atoms with Crippen molar-refractivity contribution in [2.45, 2.75) is 26.8 Å². The number of carbonyl (C=O) groups is 1. The summed E-state index contributed by atoms with van der Waals surface area (Å²) in [7, 11) is 0. The lowest BCUT2D eigenvalue weighted by Crippen LogP contribution is -2.34. The fraction of sp³-hybridized carbons (Fsp3) is 0.250. The number of carbonyl (C=O) groups excluding carboxylic acids is 1. The number of ether oxygens (including phenoxy) is 1. The first-order valence-corrected chi connectivity index (χ1v) is 8.46. The molecular weight excluding hydrogens is 330 g/mol. The minimum absolute atomic E-state index is 0.0650. The van der Waals surface area contributed by atoms with Gasteiger partial charge in [-0.15, -0.1) is 0 Å². The SMILES string of the molecule is Cc1ccccc1-c1nc(-c2ccccc2OCC(=O)NC(C)C)no1.